The van der Waals surface area contributed by atoms with Gasteiger partial charge in [0.1, 0.15) is 0 Å². The molecule has 132 valence electrons. The van der Waals surface area contributed by atoms with Crippen molar-refractivity contribution in [3.8, 4) is 0 Å². The first-order chi connectivity index (χ1) is 11.5. The van der Waals surface area contributed by atoms with Gasteiger partial charge in [-0.2, -0.15) is 0 Å². The molecule has 1 heterocycles. The predicted molar refractivity (Wildman–Crippen MR) is 94.3 cm³/mol. The predicted octanol–water partition coefficient (Wildman–Crippen LogP) is 3.15. The molecule has 24 heavy (non-hydrogen) atoms. The molecular weight excluding hydrogens is 308 g/mol. The van der Waals surface area contributed by atoms with Gasteiger partial charge in [-0.15, -0.1) is 0 Å². The van der Waals surface area contributed by atoms with Crippen LogP contribution >= 0.6 is 0 Å². The fourth-order valence-corrected chi connectivity index (χ4v) is 2.85. The number of carbonyl (C=O) groups is 1. The van der Waals surface area contributed by atoms with E-state index in [0.29, 0.717) is 17.8 Å². The number of amides is 2. The van der Waals surface area contributed by atoms with Crippen LogP contribution < -0.4 is 10.6 Å². The molecule has 0 aromatic heterocycles. The van der Waals surface area contributed by atoms with E-state index in [-0.39, 0.29) is 11.7 Å². The van der Waals surface area contributed by atoms with Crippen molar-refractivity contribution in [3.05, 3.63) is 33.9 Å². The minimum atomic E-state index is -0.447. The smallest absolute Gasteiger partial charge is 0.319 e. The van der Waals surface area contributed by atoms with Gasteiger partial charge in [-0.1, -0.05) is 13.0 Å². The first-order valence-corrected chi connectivity index (χ1v) is 8.48. The number of aryl methyl sites for hydroxylation is 1. The average molecular weight is 334 g/mol. The van der Waals surface area contributed by atoms with Gasteiger partial charge in [0.15, 0.2) is 0 Å². The van der Waals surface area contributed by atoms with Crippen LogP contribution in [0.25, 0.3) is 0 Å². The number of nitrogens with one attached hydrogen (secondary N) is 2. The van der Waals surface area contributed by atoms with E-state index in [9.17, 15) is 14.9 Å². The van der Waals surface area contributed by atoms with Gasteiger partial charge in [0.2, 0.25) is 0 Å². The summed E-state index contributed by atoms with van der Waals surface area (Å²) in [6.45, 7) is 7.82. The summed E-state index contributed by atoms with van der Waals surface area (Å²) in [5, 5.41) is 16.4. The lowest BCUT2D eigenvalue weighted by Crippen LogP contribution is -2.36. The number of anilines is 1. The first kappa shape index (κ1) is 18.2. The summed E-state index contributed by atoms with van der Waals surface area (Å²) in [7, 11) is 0. The van der Waals surface area contributed by atoms with Crippen LogP contribution in [0.4, 0.5) is 16.2 Å². The maximum Gasteiger partial charge on any atom is 0.319 e. The van der Waals surface area contributed by atoms with Crippen molar-refractivity contribution in [3.63, 3.8) is 0 Å². The molecular formula is C17H26N4O3. The van der Waals surface area contributed by atoms with Crippen molar-refractivity contribution in [1.29, 1.82) is 0 Å². The van der Waals surface area contributed by atoms with Crippen LogP contribution in [0, 0.1) is 23.0 Å². The lowest BCUT2D eigenvalue weighted by molar-refractivity contribution is -0.385. The fourth-order valence-electron chi connectivity index (χ4n) is 2.85. The standard InChI is InChI=1S/C17H26N4O3/c1-13-6-10-20(11-7-13)9-3-8-18-17(22)19-15-5-4-14(2)16(12-15)21(23)24/h4-5,12-13H,3,6-11H2,1-2H3,(H2,18,19,22). The summed E-state index contributed by atoms with van der Waals surface area (Å²) >= 11 is 0. The van der Waals surface area contributed by atoms with Gasteiger partial charge < -0.3 is 15.5 Å². The van der Waals surface area contributed by atoms with Crippen LogP contribution in [0.15, 0.2) is 18.2 Å². The molecule has 1 aromatic carbocycles. The number of benzene rings is 1. The highest BCUT2D eigenvalue weighted by molar-refractivity contribution is 5.89. The van der Waals surface area contributed by atoms with E-state index in [4.69, 9.17) is 0 Å². The Kier molecular flexibility index (Phi) is 6.54. The summed E-state index contributed by atoms with van der Waals surface area (Å²) in [5.41, 5.74) is 1.00. The van der Waals surface area contributed by atoms with Crippen LogP contribution in [-0.2, 0) is 0 Å². The van der Waals surface area contributed by atoms with Gasteiger partial charge in [-0.25, -0.2) is 4.79 Å². The maximum atomic E-state index is 11.9. The number of hydrogen-bond donors (Lipinski definition) is 2. The van der Waals surface area contributed by atoms with Gasteiger partial charge in [-0.3, -0.25) is 10.1 Å². The molecule has 0 spiro atoms. The Morgan fingerprint density at radius 3 is 2.75 bits per heavy atom. The van der Waals surface area contributed by atoms with Crippen LogP contribution in [0.1, 0.15) is 31.7 Å². The van der Waals surface area contributed by atoms with Crippen molar-refractivity contribution in [2.75, 3.05) is 31.5 Å². The van der Waals surface area contributed by atoms with Gasteiger partial charge in [-0.05, 0) is 57.8 Å². The summed E-state index contributed by atoms with van der Waals surface area (Å²) in [5.74, 6) is 0.823. The summed E-state index contributed by atoms with van der Waals surface area (Å²) < 4.78 is 0. The van der Waals surface area contributed by atoms with E-state index in [2.05, 4.69) is 22.5 Å². The largest absolute Gasteiger partial charge is 0.338 e. The lowest BCUT2D eigenvalue weighted by Gasteiger charge is -2.30. The third-order valence-electron chi connectivity index (χ3n) is 4.48. The van der Waals surface area contributed by atoms with Gasteiger partial charge in [0.25, 0.3) is 5.69 Å². The van der Waals surface area contributed by atoms with Crippen molar-refractivity contribution in [2.24, 2.45) is 5.92 Å². The molecule has 2 N–H and O–H groups in total. The van der Waals surface area contributed by atoms with Crippen molar-refractivity contribution < 1.29 is 9.72 Å². The highest BCUT2D eigenvalue weighted by atomic mass is 16.6. The number of hydrogen-bond acceptors (Lipinski definition) is 4. The maximum absolute atomic E-state index is 11.9. The number of likely N-dealkylation sites (tertiary alicyclic amines) is 1. The van der Waals surface area contributed by atoms with Crippen LogP contribution in [0.5, 0.6) is 0 Å². The Bertz CT molecular complexity index is 583. The van der Waals surface area contributed by atoms with E-state index < -0.39 is 4.92 Å². The summed E-state index contributed by atoms with van der Waals surface area (Å²) in [4.78, 5) is 24.8. The minimum Gasteiger partial charge on any atom is -0.338 e. The molecule has 7 nitrogen and oxygen atoms in total. The van der Waals surface area contributed by atoms with Crippen molar-refractivity contribution in [1.82, 2.24) is 10.2 Å². The Hall–Kier alpha value is -2.15. The monoisotopic (exact) mass is 334 g/mol. The van der Waals surface area contributed by atoms with Crippen molar-refractivity contribution in [2.45, 2.75) is 33.1 Å². The Labute approximate surface area is 142 Å². The van der Waals surface area contributed by atoms with E-state index in [0.717, 1.165) is 32.0 Å². The highest BCUT2D eigenvalue weighted by Crippen LogP contribution is 2.22. The topological polar surface area (TPSA) is 87.5 Å². The second kappa shape index (κ2) is 8.63. The molecule has 1 saturated heterocycles. The van der Waals surface area contributed by atoms with Gasteiger partial charge >= 0.3 is 6.03 Å². The van der Waals surface area contributed by atoms with Crippen LogP contribution in [-0.4, -0.2) is 42.0 Å². The number of nitro benzene ring substituents is 1. The zero-order valence-electron chi connectivity index (χ0n) is 14.4. The van der Waals surface area contributed by atoms with Gasteiger partial charge in [0, 0.05) is 23.9 Å². The molecule has 1 aromatic rings. The highest BCUT2D eigenvalue weighted by Gasteiger charge is 2.15. The Morgan fingerprint density at radius 1 is 1.38 bits per heavy atom. The SMILES string of the molecule is Cc1ccc(NC(=O)NCCCN2CCC(C)CC2)cc1[N+](=O)[O-]. The number of nitrogens with zero attached hydrogens (tertiary/aromatic N) is 2. The fraction of sp³-hybridized carbons (Fsp3) is 0.588. The van der Waals surface area contributed by atoms with Gasteiger partial charge in [0.05, 0.1) is 4.92 Å². The molecule has 0 atom stereocenters. The van der Waals surface area contributed by atoms with E-state index in [1.165, 1.54) is 18.9 Å². The molecule has 7 heteroatoms. The zero-order valence-corrected chi connectivity index (χ0v) is 14.4. The molecule has 2 amide bonds. The second-order valence-electron chi connectivity index (χ2n) is 6.52. The van der Waals surface area contributed by atoms with Crippen LogP contribution in [0.3, 0.4) is 0 Å². The molecule has 0 radical (unpaired) electrons. The molecule has 0 aliphatic carbocycles. The normalized spacial score (nSPS) is 15.9. The third kappa shape index (κ3) is 5.49. The average Bonchev–Trinajstić information content (AvgIpc) is 2.55. The van der Waals surface area contributed by atoms with E-state index in [1.807, 2.05) is 0 Å². The molecule has 1 fully saturated rings. The number of urea groups is 1. The lowest BCUT2D eigenvalue weighted by atomic mass is 9.99. The van der Waals surface area contributed by atoms with Crippen molar-refractivity contribution >= 4 is 17.4 Å². The zero-order chi connectivity index (χ0) is 17.5. The first-order valence-electron chi connectivity index (χ1n) is 8.48. The molecule has 0 bridgehead atoms. The molecule has 0 unspecified atom stereocenters. The number of rotatable bonds is 6. The Morgan fingerprint density at radius 2 is 2.08 bits per heavy atom. The molecule has 1 aliphatic rings. The van der Waals surface area contributed by atoms with Crippen LogP contribution in [0.2, 0.25) is 0 Å². The second-order valence-corrected chi connectivity index (χ2v) is 6.52. The summed E-state index contributed by atoms with van der Waals surface area (Å²) in [6.07, 6.45) is 3.40. The summed E-state index contributed by atoms with van der Waals surface area (Å²) in [6, 6.07) is 4.34. The quantitative estimate of drug-likeness (QED) is 0.475. The van der Waals surface area contributed by atoms with E-state index >= 15 is 0 Å². The minimum absolute atomic E-state index is 0.00660. The number of piperidine rings is 1. The molecule has 2 rings (SSSR count). The third-order valence-corrected chi connectivity index (χ3v) is 4.48. The van der Waals surface area contributed by atoms with E-state index in [1.54, 1.807) is 19.1 Å². The molecule has 1 aliphatic heterocycles. The Balaban J connectivity index is 1.70. The number of carbonyl (C=O) groups excluding carboxylic acids is 1. The molecule has 0 saturated carbocycles. The number of nitro groups is 1.